The number of ether oxygens (including phenoxy) is 2. The van der Waals surface area contributed by atoms with E-state index in [1.807, 2.05) is 19.1 Å². The highest BCUT2D eigenvalue weighted by Crippen LogP contribution is 2.37. The van der Waals surface area contributed by atoms with Crippen LogP contribution in [-0.2, 0) is 6.61 Å². The number of hydrazone groups is 1. The van der Waals surface area contributed by atoms with Crippen LogP contribution in [0.2, 0.25) is 5.02 Å². The first-order chi connectivity index (χ1) is 17.7. The number of halogens is 3. The highest BCUT2D eigenvalue weighted by Gasteiger charge is 2.16. The van der Waals surface area contributed by atoms with E-state index in [9.17, 15) is 14.9 Å². The Bertz CT molecular complexity index is 1520. The number of nitro groups is 1. The average Bonchev–Trinajstić information content (AvgIpc) is 3.28. The van der Waals surface area contributed by atoms with Gasteiger partial charge < -0.3 is 13.9 Å². The minimum absolute atomic E-state index is 0.0314. The van der Waals surface area contributed by atoms with E-state index < -0.39 is 10.8 Å². The van der Waals surface area contributed by atoms with Crippen molar-refractivity contribution in [1.29, 1.82) is 0 Å². The number of amides is 1. The second kappa shape index (κ2) is 11.9. The van der Waals surface area contributed by atoms with Gasteiger partial charge in [0, 0.05) is 22.0 Å². The van der Waals surface area contributed by atoms with Crippen LogP contribution in [0.4, 0.5) is 5.69 Å². The Balaban J connectivity index is 1.48. The average molecular weight is 699 g/mol. The second-order valence-corrected chi connectivity index (χ2v) is 10.1. The van der Waals surface area contributed by atoms with Crippen molar-refractivity contribution in [2.24, 2.45) is 5.10 Å². The van der Waals surface area contributed by atoms with Gasteiger partial charge >= 0.3 is 5.91 Å². The molecule has 4 aromatic rings. The molecule has 1 N–H and O–H groups in total. The number of nitrogens with zero attached hydrogens (tertiary/aromatic N) is 2. The molecule has 12 heteroatoms. The van der Waals surface area contributed by atoms with Gasteiger partial charge in [-0.25, -0.2) is 5.43 Å². The van der Waals surface area contributed by atoms with Gasteiger partial charge in [-0.3, -0.25) is 14.9 Å². The number of fused-ring (bicyclic) bond motifs is 1. The van der Waals surface area contributed by atoms with E-state index >= 15 is 0 Å². The Hall–Kier alpha value is -3.16. The molecule has 37 heavy (non-hydrogen) atoms. The van der Waals surface area contributed by atoms with Gasteiger partial charge in [-0.1, -0.05) is 39.7 Å². The van der Waals surface area contributed by atoms with Crippen LogP contribution in [0.15, 0.2) is 68.6 Å². The largest absolute Gasteiger partial charge is 0.490 e. The molecule has 190 valence electrons. The standard InChI is InChI=1S/C25H18BrClIN3O6/c1-2-35-21-8-15(7-19(27)24(21)36-13-14-4-3-5-18(6-14)31(33)34)12-29-30-25(32)22-10-16-9-17(26)11-20(28)23(16)37-22/h3-12H,2,13H2,1H3,(H,30,32)/b29-12-. The first-order valence-electron chi connectivity index (χ1n) is 10.8. The van der Waals surface area contributed by atoms with E-state index in [1.54, 1.807) is 30.3 Å². The minimum Gasteiger partial charge on any atom is -0.490 e. The lowest BCUT2D eigenvalue weighted by Crippen LogP contribution is -2.16. The number of nitrogens with one attached hydrogen (secondary N) is 1. The van der Waals surface area contributed by atoms with Crippen LogP contribution in [-0.4, -0.2) is 23.7 Å². The SMILES string of the molecule is CCOc1cc(/C=N\NC(=O)c2cc3cc(Br)cc(I)c3o2)cc(Cl)c1OCc1cccc([N+](=O)[O-])c1. The number of furan rings is 1. The normalized spacial score (nSPS) is 11.1. The van der Waals surface area contributed by atoms with Gasteiger partial charge in [0.15, 0.2) is 17.3 Å². The Labute approximate surface area is 238 Å². The topological polar surface area (TPSA) is 116 Å². The van der Waals surface area contributed by atoms with Crippen LogP contribution in [0, 0.1) is 13.7 Å². The third kappa shape index (κ3) is 6.59. The summed E-state index contributed by atoms with van der Waals surface area (Å²) >= 11 is 12.0. The summed E-state index contributed by atoms with van der Waals surface area (Å²) in [5.74, 6) is 0.276. The molecule has 9 nitrogen and oxygen atoms in total. The summed E-state index contributed by atoms with van der Waals surface area (Å²) in [6.07, 6.45) is 1.42. The number of hydrogen-bond donors (Lipinski definition) is 1. The summed E-state index contributed by atoms with van der Waals surface area (Å²) in [7, 11) is 0. The lowest BCUT2D eigenvalue weighted by Gasteiger charge is -2.14. The third-order valence-corrected chi connectivity index (χ3v) is 6.52. The van der Waals surface area contributed by atoms with Crippen molar-refractivity contribution in [3.63, 3.8) is 0 Å². The van der Waals surface area contributed by atoms with Gasteiger partial charge in [-0.05, 0) is 71.0 Å². The maximum absolute atomic E-state index is 12.5. The fraction of sp³-hybridized carbons (Fsp3) is 0.120. The molecule has 0 spiro atoms. The number of non-ortho nitro benzene ring substituents is 1. The first-order valence-corrected chi connectivity index (χ1v) is 13.0. The Morgan fingerprint density at radius 3 is 2.81 bits per heavy atom. The van der Waals surface area contributed by atoms with Crippen molar-refractivity contribution in [3.05, 3.63) is 94.7 Å². The molecule has 0 saturated heterocycles. The molecule has 0 aliphatic carbocycles. The fourth-order valence-electron chi connectivity index (χ4n) is 3.39. The van der Waals surface area contributed by atoms with Gasteiger partial charge in [0.25, 0.3) is 5.69 Å². The Morgan fingerprint density at radius 1 is 1.24 bits per heavy atom. The summed E-state index contributed by atoms with van der Waals surface area (Å²) in [5, 5.41) is 16.1. The smallest absolute Gasteiger partial charge is 0.307 e. The Kier molecular flexibility index (Phi) is 8.67. The van der Waals surface area contributed by atoms with Crippen molar-refractivity contribution in [3.8, 4) is 11.5 Å². The second-order valence-electron chi connectivity index (χ2n) is 7.59. The highest BCUT2D eigenvalue weighted by molar-refractivity contribution is 14.1. The van der Waals surface area contributed by atoms with Crippen LogP contribution in [0.3, 0.4) is 0 Å². The van der Waals surface area contributed by atoms with Gasteiger partial charge in [0.2, 0.25) is 0 Å². The predicted octanol–water partition coefficient (Wildman–Crippen LogP) is 7.10. The van der Waals surface area contributed by atoms with Gasteiger partial charge in [-0.15, -0.1) is 0 Å². The summed E-state index contributed by atoms with van der Waals surface area (Å²) in [6, 6.07) is 14.8. The maximum Gasteiger partial charge on any atom is 0.307 e. The molecule has 0 fully saturated rings. The number of nitro benzene ring substituents is 1. The zero-order chi connectivity index (χ0) is 26.5. The van der Waals surface area contributed by atoms with Crippen LogP contribution in [0.1, 0.15) is 28.6 Å². The number of rotatable bonds is 9. The van der Waals surface area contributed by atoms with Gasteiger partial charge in [0.1, 0.15) is 12.2 Å². The molecular formula is C25H18BrClIN3O6. The Morgan fingerprint density at radius 2 is 2.05 bits per heavy atom. The van der Waals surface area contributed by atoms with E-state index in [-0.39, 0.29) is 23.1 Å². The molecule has 0 radical (unpaired) electrons. The van der Waals surface area contributed by atoms with Crippen LogP contribution >= 0.6 is 50.1 Å². The first kappa shape index (κ1) is 26.9. The van der Waals surface area contributed by atoms with Crippen molar-refractivity contribution >= 4 is 78.9 Å². The molecule has 1 aromatic heterocycles. The summed E-state index contributed by atoms with van der Waals surface area (Å²) in [6.45, 7) is 2.21. The third-order valence-electron chi connectivity index (χ3n) is 4.98. The molecule has 0 bridgehead atoms. The van der Waals surface area contributed by atoms with Gasteiger partial charge in [0.05, 0.1) is 26.3 Å². The number of carbonyl (C=O) groups is 1. The number of carbonyl (C=O) groups excluding carboxylic acids is 1. The van der Waals surface area contributed by atoms with Crippen LogP contribution in [0.5, 0.6) is 11.5 Å². The molecular weight excluding hydrogens is 681 g/mol. The molecule has 0 unspecified atom stereocenters. The summed E-state index contributed by atoms with van der Waals surface area (Å²) in [4.78, 5) is 23.1. The predicted molar refractivity (Wildman–Crippen MR) is 152 cm³/mol. The minimum atomic E-state index is -0.507. The number of hydrogen-bond acceptors (Lipinski definition) is 7. The van der Waals surface area contributed by atoms with Crippen LogP contribution < -0.4 is 14.9 Å². The van der Waals surface area contributed by atoms with Crippen molar-refractivity contribution in [1.82, 2.24) is 5.43 Å². The molecule has 0 aliphatic rings. The van der Waals surface area contributed by atoms with E-state index in [0.29, 0.717) is 34.8 Å². The van der Waals surface area contributed by atoms with E-state index in [0.717, 1.165) is 13.4 Å². The zero-order valence-corrected chi connectivity index (χ0v) is 23.7. The van der Waals surface area contributed by atoms with Crippen molar-refractivity contribution in [2.75, 3.05) is 6.61 Å². The fourth-order valence-corrected chi connectivity index (χ4v) is 5.32. The highest BCUT2D eigenvalue weighted by atomic mass is 127. The van der Waals surface area contributed by atoms with Crippen LogP contribution in [0.25, 0.3) is 11.0 Å². The molecule has 0 aliphatic heterocycles. The molecule has 4 rings (SSSR count). The molecule has 1 amide bonds. The van der Waals surface area contributed by atoms with Crippen molar-refractivity contribution in [2.45, 2.75) is 13.5 Å². The molecule has 0 saturated carbocycles. The van der Waals surface area contributed by atoms with Gasteiger partial charge in [-0.2, -0.15) is 5.10 Å². The van der Waals surface area contributed by atoms with E-state index in [4.69, 9.17) is 25.5 Å². The lowest BCUT2D eigenvalue weighted by atomic mass is 10.2. The molecule has 0 atom stereocenters. The monoisotopic (exact) mass is 697 g/mol. The molecule has 1 heterocycles. The summed E-state index contributed by atoms with van der Waals surface area (Å²) in [5.41, 5.74) is 4.19. The lowest BCUT2D eigenvalue weighted by molar-refractivity contribution is -0.384. The van der Waals surface area contributed by atoms with E-state index in [1.165, 1.54) is 18.3 Å². The maximum atomic E-state index is 12.5. The van der Waals surface area contributed by atoms with E-state index in [2.05, 4.69) is 49.0 Å². The van der Waals surface area contributed by atoms with Crippen molar-refractivity contribution < 1.29 is 23.6 Å². The molecule has 3 aromatic carbocycles. The summed E-state index contributed by atoms with van der Waals surface area (Å²) < 4.78 is 18.9. The number of benzene rings is 3. The zero-order valence-electron chi connectivity index (χ0n) is 19.2. The quantitative estimate of drug-likeness (QED) is 0.0863.